The second kappa shape index (κ2) is 13.6. The number of thiocarbonyl (C=S) groups is 1. The molecule has 3 heterocycles. The maximum Gasteiger partial charge on any atom is 0.406 e. The minimum atomic E-state index is -0.493. The molecule has 4 rings (SSSR count). The number of anilines is 1. The number of aromatic nitrogens is 1. The first-order chi connectivity index (χ1) is 19.3. The lowest BCUT2D eigenvalue weighted by molar-refractivity contribution is -0.122. The summed E-state index contributed by atoms with van der Waals surface area (Å²) in [6, 6.07) is 5.86. The number of hydrogen-bond donors (Lipinski definition) is 1. The normalized spacial score (nSPS) is 17.9. The highest BCUT2D eigenvalue weighted by Crippen LogP contribution is 2.47. The van der Waals surface area contributed by atoms with Crippen LogP contribution in [0.25, 0.3) is 12.2 Å². The van der Waals surface area contributed by atoms with Crippen molar-refractivity contribution < 1.29 is 19.1 Å². The molecule has 9 nitrogen and oxygen atoms in total. The van der Waals surface area contributed by atoms with E-state index in [2.05, 4.69) is 17.1 Å². The Kier molecular flexibility index (Phi) is 10.2. The summed E-state index contributed by atoms with van der Waals surface area (Å²) in [6.07, 6.45) is 6.91. The van der Waals surface area contributed by atoms with Crippen LogP contribution in [0.5, 0.6) is 5.75 Å². The lowest BCUT2D eigenvalue weighted by atomic mass is 10.2. The molecule has 2 aliphatic heterocycles. The molecule has 1 aromatic carbocycles. The molecule has 1 fully saturated rings. The molecule has 0 radical (unpaired) electrons. The molecule has 40 heavy (non-hydrogen) atoms. The standard InChI is InChI=1S/C27H30N4O5S4/c1-5-29-18-9-8-17(35-14-15-36-26(34)28-4)16-21(18)39-22(29)12-10-19-24(32)30(6-2)23(38-19)13-11-20-25(33)31(7-3)27(37)40-20/h8-13,16H,5-7,14-15H2,1-4H3,(H,28,34)/b19-10?,20-11?,22-12?,23-13+. The fraction of sp³-hybridized carbons (Fsp3) is 0.333. The summed E-state index contributed by atoms with van der Waals surface area (Å²) in [4.78, 5) is 42.2. The lowest BCUT2D eigenvalue weighted by Gasteiger charge is -2.17. The molecule has 0 aliphatic carbocycles. The average molecular weight is 619 g/mol. The minimum Gasteiger partial charge on any atom is -0.490 e. The van der Waals surface area contributed by atoms with E-state index in [-0.39, 0.29) is 24.7 Å². The van der Waals surface area contributed by atoms with Crippen LogP contribution in [0.3, 0.4) is 0 Å². The molecule has 1 saturated heterocycles. The van der Waals surface area contributed by atoms with Gasteiger partial charge in [0.15, 0.2) is 0 Å². The van der Waals surface area contributed by atoms with Gasteiger partial charge in [-0.25, -0.2) is 4.79 Å². The van der Waals surface area contributed by atoms with E-state index in [0.29, 0.717) is 32.6 Å². The highest BCUT2D eigenvalue weighted by molar-refractivity contribution is 8.26. The molecule has 1 aromatic heterocycles. The SMILES string of the molecule is CCN1C(=O)C(=C/C=c2/sc(=CC=C3Sc4cc(OCCOC(=O)NC)ccc4N3CC)c(=O)n2CC)SC1=S. The molecule has 0 atom stereocenters. The summed E-state index contributed by atoms with van der Waals surface area (Å²) >= 11 is 9.57. The fourth-order valence-corrected chi connectivity index (χ4v) is 7.55. The van der Waals surface area contributed by atoms with Crippen molar-refractivity contribution in [1.82, 2.24) is 14.8 Å². The summed E-state index contributed by atoms with van der Waals surface area (Å²) < 4.78 is 14.3. The number of carbonyl (C=O) groups excluding carboxylic acids is 2. The number of hydrogen-bond acceptors (Lipinski definition) is 10. The molecule has 1 N–H and O–H groups in total. The smallest absolute Gasteiger partial charge is 0.406 e. The van der Waals surface area contributed by atoms with Gasteiger partial charge in [-0.05, 0) is 63.3 Å². The van der Waals surface area contributed by atoms with Crippen LogP contribution in [-0.4, -0.2) is 59.1 Å². The molecule has 13 heteroatoms. The number of rotatable bonds is 9. The zero-order valence-electron chi connectivity index (χ0n) is 22.6. The van der Waals surface area contributed by atoms with Crippen LogP contribution < -0.4 is 29.7 Å². The van der Waals surface area contributed by atoms with E-state index in [1.165, 1.54) is 30.1 Å². The number of nitrogens with one attached hydrogen (secondary N) is 1. The number of allylic oxidation sites excluding steroid dienone is 2. The van der Waals surface area contributed by atoms with Crippen molar-refractivity contribution in [2.24, 2.45) is 0 Å². The summed E-state index contributed by atoms with van der Waals surface area (Å²) in [5.41, 5.74) is 1.00. The van der Waals surface area contributed by atoms with E-state index in [4.69, 9.17) is 21.7 Å². The Morgan fingerprint density at radius 1 is 1.00 bits per heavy atom. The van der Waals surface area contributed by atoms with Gasteiger partial charge in [-0.3, -0.25) is 19.1 Å². The van der Waals surface area contributed by atoms with Crippen molar-refractivity contribution >= 4 is 81.2 Å². The Morgan fingerprint density at radius 2 is 1.77 bits per heavy atom. The summed E-state index contributed by atoms with van der Waals surface area (Å²) in [7, 11) is 1.51. The number of nitrogens with zero attached hydrogens (tertiary/aromatic N) is 3. The van der Waals surface area contributed by atoms with Gasteiger partial charge in [0.1, 0.15) is 23.3 Å². The first-order valence-electron chi connectivity index (χ1n) is 12.7. The number of ether oxygens (including phenoxy) is 2. The number of benzene rings is 1. The Labute approximate surface area is 250 Å². The van der Waals surface area contributed by atoms with Gasteiger partial charge in [-0.2, -0.15) is 0 Å². The van der Waals surface area contributed by atoms with Crippen LogP contribution in [0.1, 0.15) is 20.8 Å². The second-order valence-electron chi connectivity index (χ2n) is 8.35. The van der Waals surface area contributed by atoms with Crippen molar-refractivity contribution in [3.05, 3.63) is 59.8 Å². The van der Waals surface area contributed by atoms with Crippen molar-refractivity contribution in [2.45, 2.75) is 32.2 Å². The van der Waals surface area contributed by atoms with Gasteiger partial charge in [0.05, 0.1) is 24.8 Å². The number of likely N-dealkylation sites (N-methyl/N-ethyl adjacent to an activating group) is 1. The van der Waals surface area contributed by atoms with Gasteiger partial charge in [0.25, 0.3) is 11.5 Å². The van der Waals surface area contributed by atoms with Gasteiger partial charge in [0, 0.05) is 31.6 Å². The van der Waals surface area contributed by atoms with Crippen LogP contribution in [0, 0.1) is 0 Å². The van der Waals surface area contributed by atoms with Crippen molar-refractivity contribution in [3.63, 3.8) is 0 Å². The molecule has 2 aromatic rings. The Morgan fingerprint density at radius 3 is 2.45 bits per heavy atom. The van der Waals surface area contributed by atoms with E-state index >= 15 is 0 Å². The first kappa shape index (κ1) is 30.0. The Hall–Kier alpha value is -3.00. The maximum absolute atomic E-state index is 13.1. The van der Waals surface area contributed by atoms with Crippen molar-refractivity contribution in [3.8, 4) is 5.75 Å². The van der Waals surface area contributed by atoms with Gasteiger partial charge in [0.2, 0.25) is 0 Å². The molecular formula is C27H30N4O5S4. The number of amides is 2. The van der Waals surface area contributed by atoms with Gasteiger partial charge < -0.3 is 19.7 Å². The first-order valence-corrected chi connectivity index (χ1v) is 15.6. The van der Waals surface area contributed by atoms with Crippen LogP contribution >= 0.6 is 47.1 Å². The third kappa shape index (κ3) is 6.48. The highest BCUT2D eigenvalue weighted by Gasteiger charge is 2.30. The second-order valence-corrected chi connectivity index (χ2v) is 12.2. The van der Waals surface area contributed by atoms with Gasteiger partial charge in [-0.1, -0.05) is 35.7 Å². The molecule has 2 aliphatic rings. The Balaban J connectivity index is 1.56. The minimum absolute atomic E-state index is 0.0664. The van der Waals surface area contributed by atoms with Crippen LogP contribution in [0.2, 0.25) is 0 Å². The van der Waals surface area contributed by atoms with E-state index in [1.807, 2.05) is 50.3 Å². The van der Waals surface area contributed by atoms with Crippen LogP contribution in [0.15, 0.2) is 50.0 Å². The number of fused-ring (bicyclic) bond motifs is 1. The molecule has 0 spiro atoms. The molecular weight excluding hydrogens is 589 g/mol. The number of thioether (sulfide) groups is 2. The monoisotopic (exact) mass is 618 g/mol. The van der Waals surface area contributed by atoms with E-state index in [1.54, 1.807) is 27.3 Å². The quantitative estimate of drug-likeness (QED) is 0.258. The van der Waals surface area contributed by atoms with E-state index in [0.717, 1.165) is 26.8 Å². The van der Waals surface area contributed by atoms with Crippen LogP contribution in [-0.2, 0) is 16.1 Å². The van der Waals surface area contributed by atoms with Crippen molar-refractivity contribution in [1.29, 1.82) is 0 Å². The van der Waals surface area contributed by atoms with Gasteiger partial charge in [-0.15, -0.1) is 11.3 Å². The molecule has 0 bridgehead atoms. The predicted octanol–water partition coefficient (Wildman–Crippen LogP) is 3.46. The number of carbonyl (C=O) groups is 2. The largest absolute Gasteiger partial charge is 0.490 e. The third-order valence-electron chi connectivity index (χ3n) is 6.01. The maximum atomic E-state index is 13.1. The topological polar surface area (TPSA) is 93.1 Å². The average Bonchev–Trinajstić information content (AvgIpc) is 3.56. The zero-order valence-corrected chi connectivity index (χ0v) is 25.9. The molecule has 0 unspecified atom stereocenters. The number of thiazole rings is 1. The predicted molar refractivity (Wildman–Crippen MR) is 167 cm³/mol. The molecule has 2 amide bonds. The highest BCUT2D eigenvalue weighted by atomic mass is 32.2. The molecule has 212 valence electrons. The number of alkyl carbamates (subject to hydrolysis) is 1. The van der Waals surface area contributed by atoms with Crippen LogP contribution in [0.4, 0.5) is 10.5 Å². The fourth-order valence-electron chi connectivity index (χ4n) is 4.05. The van der Waals surface area contributed by atoms with E-state index in [9.17, 15) is 14.4 Å². The Bertz CT molecular complexity index is 1560. The van der Waals surface area contributed by atoms with Gasteiger partial charge >= 0.3 is 6.09 Å². The summed E-state index contributed by atoms with van der Waals surface area (Å²) in [5.74, 6) is 0.587. The summed E-state index contributed by atoms with van der Waals surface area (Å²) in [6.45, 7) is 8.11. The van der Waals surface area contributed by atoms with Crippen molar-refractivity contribution in [2.75, 3.05) is 38.3 Å². The summed E-state index contributed by atoms with van der Waals surface area (Å²) in [5, 5.41) is 3.40. The lowest BCUT2D eigenvalue weighted by Crippen LogP contribution is -2.30. The zero-order chi connectivity index (χ0) is 28.8. The third-order valence-corrected chi connectivity index (χ3v) is 9.61. The van der Waals surface area contributed by atoms with E-state index < -0.39 is 6.09 Å². The molecule has 0 saturated carbocycles.